The lowest BCUT2D eigenvalue weighted by atomic mass is 10.1. The quantitative estimate of drug-likeness (QED) is 0.600. The minimum atomic E-state index is 0.184. The van der Waals surface area contributed by atoms with Crippen molar-refractivity contribution in [2.45, 2.75) is 12.8 Å². The van der Waals surface area contributed by atoms with E-state index >= 15 is 0 Å². The summed E-state index contributed by atoms with van der Waals surface area (Å²) >= 11 is 0. The third kappa shape index (κ3) is 1.19. The fourth-order valence-corrected chi connectivity index (χ4v) is 0.630. The van der Waals surface area contributed by atoms with Gasteiger partial charge in [0.15, 0.2) is 0 Å². The summed E-state index contributed by atoms with van der Waals surface area (Å²) < 4.78 is 4.83. The summed E-state index contributed by atoms with van der Waals surface area (Å²) in [6.07, 6.45) is 4.68. The van der Waals surface area contributed by atoms with Gasteiger partial charge in [-0.15, -0.1) is 0 Å². The van der Waals surface area contributed by atoms with Crippen LogP contribution in [0, 0.1) is 5.41 Å². The Labute approximate surface area is 54.0 Å². The van der Waals surface area contributed by atoms with Crippen LogP contribution in [-0.4, -0.2) is 6.21 Å². The molecule has 0 spiro atoms. The molecule has 0 radical (unpaired) electrons. The molecule has 0 aromatic carbocycles. The summed E-state index contributed by atoms with van der Waals surface area (Å²) in [5.41, 5.74) is 1.06. The lowest BCUT2D eigenvalue weighted by Gasteiger charge is -1.96. The summed E-state index contributed by atoms with van der Waals surface area (Å²) in [5, 5.41) is 6.92. The van der Waals surface area contributed by atoms with E-state index in [9.17, 15) is 0 Å². The largest absolute Gasteiger partial charge is 0.472 e. The minimum absolute atomic E-state index is 0.184. The van der Waals surface area contributed by atoms with Crippen LogP contribution >= 0.6 is 0 Å². The average molecular weight is 123 g/mol. The molecule has 2 nitrogen and oxygen atoms in total. The zero-order valence-corrected chi connectivity index (χ0v) is 5.29. The van der Waals surface area contributed by atoms with Crippen LogP contribution in [0.5, 0.6) is 0 Å². The number of hydrogen-bond donors (Lipinski definition) is 1. The van der Waals surface area contributed by atoms with Crippen LogP contribution in [0.4, 0.5) is 0 Å². The predicted octanol–water partition coefficient (Wildman–Crippen LogP) is 2.03. The Morgan fingerprint density at radius 3 is 3.00 bits per heavy atom. The maximum Gasteiger partial charge on any atom is 0.0940 e. The standard InChI is InChI=1S/C7H9NO/c1-6(4-8)7-2-3-9-5-7/h2-6,8H,1H3. The second kappa shape index (κ2) is 2.49. The smallest absolute Gasteiger partial charge is 0.0940 e. The topological polar surface area (TPSA) is 37.0 Å². The highest BCUT2D eigenvalue weighted by Crippen LogP contribution is 2.11. The Morgan fingerprint density at radius 2 is 2.56 bits per heavy atom. The van der Waals surface area contributed by atoms with Gasteiger partial charge in [0.2, 0.25) is 0 Å². The van der Waals surface area contributed by atoms with Gasteiger partial charge in [-0.3, -0.25) is 0 Å². The van der Waals surface area contributed by atoms with E-state index in [1.54, 1.807) is 12.5 Å². The molecule has 1 atom stereocenters. The molecule has 0 aliphatic carbocycles. The molecule has 9 heavy (non-hydrogen) atoms. The van der Waals surface area contributed by atoms with Crippen molar-refractivity contribution in [2.75, 3.05) is 0 Å². The minimum Gasteiger partial charge on any atom is -0.472 e. The molecule has 1 N–H and O–H groups in total. The van der Waals surface area contributed by atoms with Gasteiger partial charge in [-0.25, -0.2) is 0 Å². The molecule has 0 aliphatic rings. The van der Waals surface area contributed by atoms with Crippen LogP contribution in [0.1, 0.15) is 18.4 Å². The molecule has 0 saturated carbocycles. The Balaban J connectivity index is 2.76. The van der Waals surface area contributed by atoms with E-state index < -0.39 is 0 Å². The van der Waals surface area contributed by atoms with Crippen molar-refractivity contribution in [1.82, 2.24) is 0 Å². The Bertz CT molecular complexity index is 179. The SMILES string of the molecule is CC(C=N)c1ccoc1. The van der Waals surface area contributed by atoms with Gasteiger partial charge < -0.3 is 9.83 Å². The van der Waals surface area contributed by atoms with E-state index in [1.165, 1.54) is 6.21 Å². The summed E-state index contributed by atoms with van der Waals surface area (Å²) in [6.45, 7) is 1.96. The molecule has 0 bridgehead atoms. The van der Waals surface area contributed by atoms with Crippen LogP contribution in [0.25, 0.3) is 0 Å². The number of hydrogen-bond acceptors (Lipinski definition) is 2. The monoisotopic (exact) mass is 123 g/mol. The van der Waals surface area contributed by atoms with Gasteiger partial charge in [0.25, 0.3) is 0 Å². The first-order valence-electron chi connectivity index (χ1n) is 2.87. The van der Waals surface area contributed by atoms with Crippen LogP contribution in [0.2, 0.25) is 0 Å². The molecule has 1 aromatic heterocycles. The maximum absolute atomic E-state index is 6.92. The summed E-state index contributed by atoms with van der Waals surface area (Å²) in [4.78, 5) is 0. The van der Waals surface area contributed by atoms with Gasteiger partial charge in [-0.2, -0.15) is 0 Å². The molecular formula is C7H9NO. The van der Waals surface area contributed by atoms with Crippen LogP contribution in [-0.2, 0) is 0 Å². The molecule has 0 aliphatic heterocycles. The zero-order valence-electron chi connectivity index (χ0n) is 5.29. The molecule has 0 saturated heterocycles. The van der Waals surface area contributed by atoms with Crippen molar-refractivity contribution < 1.29 is 4.42 Å². The van der Waals surface area contributed by atoms with E-state index in [1.807, 2.05) is 13.0 Å². The Kier molecular flexibility index (Phi) is 1.68. The van der Waals surface area contributed by atoms with E-state index in [0.717, 1.165) is 5.56 Å². The third-order valence-electron chi connectivity index (χ3n) is 1.32. The third-order valence-corrected chi connectivity index (χ3v) is 1.32. The normalized spacial score (nSPS) is 13.0. The lowest BCUT2D eigenvalue weighted by molar-refractivity contribution is 0.563. The summed E-state index contributed by atoms with van der Waals surface area (Å²) in [7, 11) is 0. The first kappa shape index (κ1) is 6.08. The summed E-state index contributed by atoms with van der Waals surface area (Å²) in [5.74, 6) is 0.184. The molecule has 0 amide bonds. The second-order valence-electron chi connectivity index (χ2n) is 2.01. The zero-order chi connectivity index (χ0) is 6.69. The predicted molar refractivity (Wildman–Crippen MR) is 35.9 cm³/mol. The molecule has 0 fully saturated rings. The van der Waals surface area contributed by atoms with Crippen molar-refractivity contribution in [2.24, 2.45) is 0 Å². The van der Waals surface area contributed by atoms with Gasteiger partial charge in [0.05, 0.1) is 12.5 Å². The number of furan rings is 1. The van der Waals surface area contributed by atoms with Gasteiger partial charge in [-0.05, 0) is 11.6 Å². The highest BCUT2D eigenvalue weighted by atomic mass is 16.3. The molecule has 1 unspecified atom stereocenters. The van der Waals surface area contributed by atoms with Crippen LogP contribution < -0.4 is 0 Å². The molecule has 2 heteroatoms. The first-order chi connectivity index (χ1) is 4.34. The summed E-state index contributed by atoms with van der Waals surface area (Å²) in [6, 6.07) is 1.87. The van der Waals surface area contributed by atoms with Gasteiger partial charge >= 0.3 is 0 Å². The number of rotatable bonds is 2. The molecular weight excluding hydrogens is 114 g/mol. The first-order valence-corrected chi connectivity index (χ1v) is 2.87. The van der Waals surface area contributed by atoms with Crippen molar-refractivity contribution in [1.29, 1.82) is 5.41 Å². The molecule has 48 valence electrons. The highest BCUT2D eigenvalue weighted by Gasteiger charge is 2.00. The van der Waals surface area contributed by atoms with Crippen molar-refractivity contribution >= 4 is 6.21 Å². The van der Waals surface area contributed by atoms with E-state index in [4.69, 9.17) is 9.83 Å². The van der Waals surface area contributed by atoms with E-state index in [0.29, 0.717) is 0 Å². The fraction of sp³-hybridized carbons (Fsp3) is 0.286. The molecule has 1 heterocycles. The molecule has 1 rings (SSSR count). The van der Waals surface area contributed by atoms with Gasteiger partial charge in [0.1, 0.15) is 0 Å². The fourth-order valence-electron chi connectivity index (χ4n) is 0.630. The second-order valence-corrected chi connectivity index (χ2v) is 2.01. The van der Waals surface area contributed by atoms with Gasteiger partial charge in [-0.1, -0.05) is 6.92 Å². The van der Waals surface area contributed by atoms with Gasteiger partial charge in [0, 0.05) is 12.1 Å². The Morgan fingerprint density at radius 1 is 1.78 bits per heavy atom. The van der Waals surface area contributed by atoms with Crippen molar-refractivity contribution in [3.8, 4) is 0 Å². The average Bonchev–Trinajstić information content (AvgIpc) is 2.37. The molecule has 1 aromatic rings. The van der Waals surface area contributed by atoms with Crippen LogP contribution in [0.3, 0.4) is 0 Å². The van der Waals surface area contributed by atoms with Crippen LogP contribution in [0.15, 0.2) is 23.0 Å². The number of nitrogens with one attached hydrogen (secondary N) is 1. The Hall–Kier alpha value is -1.05. The van der Waals surface area contributed by atoms with Crippen molar-refractivity contribution in [3.63, 3.8) is 0 Å². The lowest BCUT2D eigenvalue weighted by Crippen LogP contribution is -1.89. The highest BCUT2D eigenvalue weighted by molar-refractivity contribution is 5.63. The maximum atomic E-state index is 6.92. The van der Waals surface area contributed by atoms with E-state index in [2.05, 4.69) is 0 Å². The van der Waals surface area contributed by atoms with Crippen molar-refractivity contribution in [3.05, 3.63) is 24.2 Å². The van der Waals surface area contributed by atoms with E-state index in [-0.39, 0.29) is 5.92 Å².